The maximum absolute atomic E-state index is 10.1. The fourth-order valence-corrected chi connectivity index (χ4v) is 2.24. The predicted molar refractivity (Wildman–Crippen MR) is 53.3 cm³/mol. The maximum atomic E-state index is 10.1. The second kappa shape index (κ2) is 4.14. The summed E-state index contributed by atoms with van der Waals surface area (Å²) in [7, 11) is 0. The molecule has 0 radical (unpaired) electrons. The van der Waals surface area contributed by atoms with Crippen molar-refractivity contribution in [2.45, 2.75) is 6.61 Å². The van der Waals surface area contributed by atoms with Crippen molar-refractivity contribution in [3.63, 3.8) is 0 Å². The van der Waals surface area contributed by atoms with E-state index in [1.807, 2.05) is 24.3 Å². The van der Waals surface area contributed by atoms with Gasteiger partial charge >= 0.3 is 0 Å². The number of hydrogen-bond donors (Lipinski definition) is 0. The van der Waals surface area contributed by atoms with Gasteiger partial charge in [0.05, 0.1) is 21.6 Å². The van der Waals surface area contributed by atoms with Crippen LogP contribution in [0.4, 0.5) is 0 Å². The van der Waals surface area contributed by atoms with Crippen LogP contribution in [0.25, 0.3) is 10.2 Å². The summed E-state index contributed by atoms with van der Waals surface area (Å²) >= 11 is -1.04. The Morgan fingerprint density at radius 1 is 1.50 bits per heavy atom. The van der Waals surface area contributed by atoms with Crippen LogP contribution in [0.15, 0.2) is 24.3 Å². The first-order chi connectivity index (χ1) is 6.75. The van der Waals surface area contributed by atoms with Crippen LogP contribution in [-0.4, -0.2) is 13.7 Å². The zero-order chi connectivity index (χ0) is 9.97. The molecule has 1 aromatic heterocycles. The van der Waals surface area contributed by atoms with Crippen molar-refractivity contribution in [2.75, 3.05) is 0 Å². The van der Waals surface area contributed by atoms with Gasteiger partial charge in [-0.1, -0.05) is 12.1 Å². The monoisotopic (exact) mass is 228 g/mol. The topological polar surface area (TPSA) is 62.2 Å². The zero-order valence-electron chi connectivity index (χ0n) is 7.00. The van der Waals surface area contributed by atoms with Gasteiger partial charge in [0.1, 0.15) is 11.6 Å². The molecule has 0 saturated carbocycles. The molecule has 0 aliphatic carbocycles. The molecular formula is C8H6NO3S2-. The number of nitrogens with zero attached hydrogens (tertiary/aromatic N) is 1. The Morgan fingerprint density at radius 3 is 3.00 bits per heavy atom. The first-order valence-corrected chi connectivity index (χ1v) is 5.64. The lowest BCUT2D eigenvalue weighted by Crippen LogP contribution is -1.95. The SMILES string of the molecule is O=S([O-])OCc1nc2ccccc2s1. The second-order valence-corrected chi connectivity index (χ2v) is 4.30. The Kier molecular flexibility index (Phi) is 2.87. The number of benzene rings is 1. The molecule has 0 spiro atoms. The average Bonchev–Trinajstić information content (AvgIpc) is 2.57. The van der Waals surface area contributed by atoms with Gasteiger partial charge in [0.15, 0.2) is 0 Å². The van der Waals surface area contributed by atoms with E-state index in [1.54, 1.807) is 0 Å². The van der Waals surface area contributed by atoms with E-state index in [0.717, 1.165) is 10.2 Å². The van der Waals surface area contributed by atoms with Gasteiger partial charge in [-0.05, 0) is 12.1 Å². The molecule has 2 rings (SSSR count). The van der Waals surface area contributed by atoms with E-state index in [2.05, 4.69) is 9.17 Å². The third-order valence-electron chi connectivity index (χ3n) is 1.62. The summed E-state index contributed by atoms with van der Waals surface area (Å²) in [4.78, 5) is 4.20. The van der Waals surface area contributed by atoms with Gasteiger partial charge in [-0.25, -0.2) is 9.19 Å². The minimum Gasteiger partial charge on any atom is -0.750 e. The van der Waals surface area contributed by atoms with Gasteiger partial charge in [-0.15, -0.1) is 11.3 Å². The van der Waals surface area contributed by atoms with E-state index in [9.17, 15) is 8.76 Å². The smallest absolute Gasteiger partial charge is 0.121 e. The fraction of sp³-hybridized carbons (Fsp3) is 0.125. The Morgan fingerprint density at radius 2 is 2.29 bits per heavy atom. The van der Waals surface area contributed by atoms with Gasteiger partial charge in [-0.2, -0.15) is 0 Å². The summed E-state index contributed by atoms with van der Waals surface area (Å²) in [5.41, 5.74) is 0.868. The predicted octanol–water partition coefficient (Wildman–Crippen LogP) is 1.61. The summed E-state index contributed by atoms with van der Waals surface area (Å²) in [6.45, 7) is 0.00938. The molecule has 4 nitrogen and oxygen atoms in total. The number of hydrogen-bond acceptors (Lipinski definition) is 5. The molecule has 1 atom stereocenters. The van der Waals surface area contributed by atoms with Crippen molar-refractivity contribution in [1.29, 1.82) is 0 Å². The quantitative estimate of drug-likeness (QED) is 0.749. The van der Waals surface area contributed by atoms with Gasteiger partial charge in [0, 0.05) is 0 Å². The molecule has 6 heteroatoms. The molecule has 1 aromatic carbocycles. The standard InChI is InChI=1S/C8H7NO3S2/c10-14(11)12-5-8-9-6-3-1-2-4-7(6)13-8/h1-4H,5H2,(H,10,11)/p-1. The van der Waals surface area contributed by atoms with Gasteiger partial charge in [-0.3, -0.25) is 4.18 Å². The van der Waals surface area contributed by atoms with Crippen LogP contribution < -0.4 is 0 Å². The van der Waals surface area contributed by atoms with Crippen LogP contribution in [0, 0.1) is 0 Å². The van der Waals surface area contributed by atoms with E-state index in [1.165, 1.54) is 11.3 Å². The number of fused-ring (bicyclic) bond motifs is 1. The second-order valence-electron chi connectivity index (χ2n) is 2.54. The molecular weight excluding hydrogens is 222 g/mol. The molecule has 0 bridgehead atoms. The van der Waals surface area contributed by atoms with Crippen molar-refractivity contribution in [2.24, 2.45) is 0 Å². The zero-order valence-corrected chi connectivity index (χ0v) is 8.64. The van der Waals surface area contributed by atoms with Gasteiger partial charge in [0.25, 0.3) is 0 Å². The van der Waals surface area contributed by atoms with Crippen LogP contribution in [0.1, 0.15) is 5.01 Å². The highest BCUT2D eigenvalue weighted by Crippen LogP contribution is 2.21. The van der Waals surface area contributed by atoms with Crippen molar-refractivity contribution < 1.29 is 12.9 Å². The fourth-order valence-electron chi connectivity index (χ4n) is 1.08. The number of para-hydroxylation sites is 1. The first kappa shape index (κ1) is 9.72. The van der Waals surface area contributed by atoms with E-state index in [0.29, 0.717) is 5.01 Å². The molecule has 0 aliphatic heterocycles. The largest absolute Gasteiger partial charge is 0.750 e. The Labute approximate surface area is 87.0 Å². The van der Waals surface area contributed by atoms with Crippen molar-refractivity contribution in [3.8, 4) is 0 Å². The van der Waals surface area contributed by atoms with Crippen molar-refractivity contribution in [1.82, 2.24) is 4.98 Å². The summed E-state index contributed by atoms with van der Waals surface area (Å²) in [5.74, 6) is 0. The average molecular weight is 228 g/mol. The van der Waals surface area contributed by atoms with Crippen LogP contribution in [0.3, 0.4) is 0 Å². The maximum Gasteiger partial charge on any atom is 0.121 e. The van der Waals surface area contributed by atoms with E-state index in [-0.39, 0.29) is 6.61 Å². The third kappa shape index (κ3) is 2.16. The van der Waals surface area contributed by atoms with Gasteiger partial charge < -0.3 is 4.55 Å². The highest BCUT2D eigenvalue weighted by molar-refractivity contribution is 7.74. The number of aromatic nitrogens is 1. The summed E-state index contributed by atoms with van der Waals surface area (Å²) in [5, 5.41) is 0.662. The Hall–Kier alpha value is -0.820. The molecule has 0 aliphatic rings. The van der Waals surface area contributed by atoms with Crippen LogP contribution in [-0.2, 0) is 22.2 Å². The molecule has 1 heterocycles. The van der Waals surface area contributed by atoms with E-state index >= 15 is 0 Å². The highest BCUT2D eigenvalue weighted by Gasteiger charge is 2.02. The minimum atomic E-state index is -2.47. The summed E-state index contributed by atoms with van der Waals surface area (Å²) in [6, 6.07) is 7.61. The van der Waals surface area contributed by atoms with Crippen molar-refractivity contribution >= 4 is 32.9 Å². The highest BCUT2D eigenvalue weighted by atomic mass is 32.2. The lowest BCUT2D eigenvalue weighted by Gasteiger charge is -2.01. The third-order valence-corrected chi connectivity index (χ3v) is 2.94. The molecule has 14 heavy (non-hydrogen) atoms. The van der Waals surface area contributed by atoms with Crippen LogP contribution in [0.2, 0.25) is 0 Å². The van der Waals surface area contributed by atoms with Crippen LogP contribution in [0.5, 0.6) is 0 Å². The Bertz CT molecular complexity index is 435. The molecule has 0 N–H and O–H groups in total. The first-order valence-electron chi connectivity index (χ1n) is 3.83. The number of rotatable bonds is 3. The van der Waals surface area contributed by atoms with Crippen LogP contribution >= 0.6 is 11.3 Å². The lowest BCUT2D eigenvalue weighted by molar-refractivity contribution is 0.290. The van der Waals surface area contributed by atoms with E-state index < -0.39 is 11.4 Å². The number of thiazole rings is 1. The molecule has 74 valence electrons. The van der Waals surface area contributed by atoms with Crippen molar-refractivity contribution in [3.05, 3.63) is 29.3 Å². The molecule has 0 saturated heterocycles. The minimum absolute atomic E-state index is 0.00938. The molecule has 2 aromatic rings. The normalized spacial score (nSPS) is 13.2. The molecule has 1 unspecified atom stereocenters. The Balaban J connectivity index is 2.22. The summed E-state index contributed by atoms with van der Waals surface area (Å²) in [6.07, 6.45) is 0. The van der Waals surface area contributed by atoms with Gasteiger partial charge in [0.2, 0.25) is 0 Å². The molecule has 0 fully saturated rings. The summed E-state index contributed by atoms with van der Waals surface area (Å²) < 4.78 is 25.7. The van der Waals surface area contributed by atoms with E-state index in [4.69, 9.17) is 0 Å². The lowest BCUT2D eigenvalue weighted by atomic mass is 10.3. The molecule has 0 amide bonds.